The van der Waals surface area contributed by atoms with E-state index in [0.29, 0.717) is 28.9 Å². The van der Waals surface area contributed by atoms with Crippen LogP contribution in [0.25, 0.3) is 0 Å². The molecule has 0 heterocycles. The second-order valence-corrected chi connectivity index (χ2v) is 7.34. The summed E-state index contributed by atoms with van der Waals surface area (Å²) in [6.45, 7) is 2.35. The second-order valence-electron chi connectivity index (χ2n) is 6.90. The Morgan fingerprint density at radius 3 is 2.38 bits per heavy atom. The lowest BCUT2D eigenvalue weighted by Crippen LogP contribution is -2.24. The summed E-state index contributed by atoms with van der Waals surface area (Å²) in [6.07, 6.45) is 2.48. The van der Waals surface area contributed by atoms with Crippen LogP contribution in [0.5, 0.6) is 17.2 Å². The van der Waals surface area contributed by atoms with E-state index in [2.05, 4.69) is 17.5 Å². The van der Waals surface area contributed by atoms with E-state index in [1.807, 2.05) is 54.6 Å². The van der Waals surface area contributed by atoms with Gasteiger partial charge >= 0.3 is 0 Å². The van der Waals surface area contributed by atoms with Crippen molar-refractivity contribution in [2.45, 2.75) is 20.0 Å². The zero-order chi connectivity index (χ0) is 22.8. The Bertz CT molecular complexity index is 1050. The molecule has 3 rings (SSSR count). The van der Waals surface area contributed by atoms with Crippen molar-refractivity contribution in [2.75, 3.05) is 13.7 Å². The smallest absolute Gasteiger partial charge is 0.277 e. The van der Waals surface area contributed by atoms with Gasteiger partial charge in [0, 0.05) is 5.02 Å². The number of hydrazone groups is 1. The molecule has 6 nitrogen and oxygen atoms in total. The molecule has 3 aromatic rings. The van der Waals surface area contributed by atoms with Gasteiger partial charge in [-0.3, -0.25) is 4.79 Å². The molecule has 7 heteroatoms. The van der Waals surface area contributed by atoms with Gasteiger partial charge in [0.1, 0.15) is 12.4 Å². The Kier molecular flexibility index (Phi) is 8.52. The van der Waals surface area contributed by atoms with Crippen LogP contribution in [0, 0.1) is 0 Å². The van der Waals surface area contributed by atoms with Gasteiger partial charge in [-0.1, -0.05) is 42.8 Å². The third kappa shape index (κ3) is 7.03. The molecule has 0 saturated heterocycles. The summed E-state index contributed by atoms with van der Waals surface area (Å²) in [5.41, 5.74) is 5.40. The summed E-state index contributed by atoms with van der Waals surface area (Å²) >= 11 is 5.90. The quantitative estimate of drug-likeness (QED) is 0.346. The van der Waals surface area contributed by atoms with E-state index in [4.69, 9.17) is 25.8 Å². The predicted octanol–water partition coefficient (Wildman–Crippen LogP) is 5.02. The molecular formula is C25H25ClN2O4. The first-order valence-corrected chi connectivity index (χ1v) is 10.5. The predicted molar refractivity (Wildman–Crippen MR) is 126 cm³/mol. The number of carbonyl (C=O) groups excluding carboxylic acids is 1. The summed E-state index contributed by atoms with van der Waals surface area (Å²) in [7, 11) is 1.57. The highest BCUT2D eigenvalue weighted by molar-refractivity contribution is 6.30. The first kappa shape index (κ1) is 23.2. The standard InChI is InChI=1S/C25H25ClN2O4/c1-3-18-6-11-22(12-7-18)31-17-25(29)28-27-15-20-8-13-23(24(14-20)30-2)32-16-19-4-9-21(26)10-5-19/h4-15H,3,16-17H2,1-2H3,(H,28,29)/b27-15+. The van der Waals surface area contributed by atoms with E-state index >= 15 is 0 Å². The Balaban J connectivity index is 1.50. The summed E-state index contributed by atoms with van der Waals surface area (Å²) < 4.78 is 16.7. The van der Waals surface area contributed by atoms with Crippen LogP contribution in [0.4, 0.5) is 0 Å². The van der Waals surface area contributed by atoms with Gasteiger partial charge in [0.25, 0.3) is 5.91 Å². The number of hydrogen-bond donors (Lipinski definition) is 1. The highest BCUT2D eigenvalue weighted by atomic mass is 35.5. The molecule has 0 aliphatic heterocycles. The molecular weight excluding hydrogens is 428 g/mol. The van der Waals surface area contributed by atoms with E-state index in [1.165, 1.54) is 11.8 Å². The van der Waals surface area contributed by atoms with E-state index in [1.54, 1.807) is 19.2 Å². The molecule has 0 aliphatic rings. The molecule has 0 spiro atoms. The van der Waals surface area contributed by atoms with Crippen molar-refractivity contribution in [3.05, 3.63) is 88.4 Å². The van der Waals surface area contributed by atoms with Crippen molar-refractivity contribution in [1.82, 2.24) is 5.43 Å². The van der Waals surface area contributed by atoms with Crippen LogP contribution in [-0.2, 0) is 17.8 Å². The molecule has 0 atom stereocenters. The summed E-state index contributed by atoms with van der Waals surface area (Å²) in [4.78, 5) is 11.9. The molecule has 0 radical (unpaired) electrons. The third-order valence-corrected chi connectivity index (χ3v) is 4.85. The lowest BCUT2D eigenvalue weighted by Gasteiger charge is -2.11. The number of nitrogens with one attached hydrogen (secondary N) is 1. The van der Waals surface area contributed by atoms with Gasteiger partial charge in [-0.2, -0.15) is 5.10 Å². The Labute approximate surface area is 192 Å². The minimum absolute atomic E-state index is 0.121. The van der Waals surface area contributed by atoms with Crippen molar-refractivity contribution in [3.8, 4) is 17.2 Å². The Hall–Kier alpha value is -3.51. The number of benzene rings is 3. The van der Waals surface area contributed by atoms with Crippen molar-refractivity contribution < 1.29 is 19.0 Å². The fraction of sp³-hybridized carbons (Fsp3) is 0.200. The first-order chi connectivity index (χ1) is 15.6. The van der Waals surface area contributed by atoms with Gasteiger partial charge in [-0.25, -0.2) is 5.43 Å². The molecule has 3 aromatic carbocycles. The van der Waals surface area contributed by atoms with E-state index < -0.39 is 0 Å². The molecule has 1 amide bonds. The molecule has 0 unspecified atom stereocenters. The van der Waals surface area contributed by atoms with Crippen LogP contribution in [0.3, 0.4) is 0 Å². The Morgan fingerprint density at radius 2 is 1.69 bits per heavy atom. The largest absolute Gasteiger partial charge is 0.493 e. The van der Waals surface area contributed by atoms with Crippen molar-refractivity contribution in [1.29, 1.82) is 0 Å². The fourth-order valence-corrected chi connectivity index (χ4v) is 2.93. The molecule has 32 heavy (non-hydrogen) atoms. The number of hydrogen-bond acceptors (Lipinski definition) is 5. The number of methoxy groups -OCH3 is 1. The van der Waals surface area contributed by atoms with Crippen LogP contribution >= 0.6 is 11.6 Å². The minimum atomic E-state index is -0.351. The molecule has 0 aromatic heterocycles. The van der Waals surface area contributed by atoms with Crippen molar-refractivity contribution in [2.24, 2.45) is 5.10 Å². The zero-order valence-electron chi connectivity index (χ0n) is 18.0. The monoisotopic (exact) mass is 452 g/mol. The Morgan fingerprint density at radius 1 is 0.969 bits per heavy atom. The second kappa shape index (κ2) is 11.8. The van der Waals surface area contributed by atoms with Crippen LogP contribution in [0.1, 0.15) is 23.6 Å². The summed E-state index contributed by atoms with van der Waals surface area (Å²) in [6, 6.07) is 20.5. The maximum absolute atomic E-state index is 11.9. The lowest BCUT2D eigenvalue weighted by atomic mass is 10.2. The van der Waals surface area contributed by atoms with E-state index in [0.717, 1.165) is 17.5 Å². The number of ether oxygens (including phenoxy) is 3. The maximum atomic E-state index is 11.9. The van der Waals surface area contributed by atoms with Gasteiger partial charge in [-0.05, 0) is 65.6 Å². The minimum Gasteiger partial charge on any atom is -0.493 e. The molecule has 0 aliphatic carbocycles. The zero-order valence-corrected chi connectivity index (χ0v) is 18.8. The van der Waals surface area contributed by atoms with Crippen LogP contribution in [-0.4, -0.2) is 25.8 Å². The average Bonchev–Trinajstić information content (AvgIpc) is 2.83. The van der Waals surface area contributed by atoms with Crippen LogP contribution in [0.15, 0.2) is 71.8 Å². The fourth-order valence-electron chi connectivity index (χ4n) is 2.81. The van der Waals surface area contributed by atoms with E-state index in [-0.39, 0.29) is 12.5 Å². The lowest BCUT2D eigenvalue weighted by molar-refractivity contribution is -0.123. The van der Waals surface area contributed by atoms with Gasteiger partial charge in [0.05, 0.1) is 13.3 Å². The number of carbonyl (C=O) groups is 1. The number of nitrogens with zero attached hydrogens (tertiary/aromatic N) is 1. The number of rotatable bonds is 10. The molecule has 1 N–H and O–H groups in total. The maximum Gasteiger partial charge on any atom is 0.277 e. The van der Waals surface area contributed by atoms with Crippen LogP contribution < -0.4 is 19.6 Å². The number of amides is 1. The molecule has 0 bridgehead atoms. The molecule has 166 valence electrons. The molecule has 0 fully saturated rings. The SMILES string of the molecule is CCc1ccc(OCC(=O)N/N=C/c2ccc(OCc3ccc(Cl)cc3)c(OC)c2)cc1. The first-order valence-electron chi connectivity index (χ1n) is 10.2. The van der Waals surface area contributed by atoms with Gasteiger partial charge in [-0.15, -0.1) is 0 Å². The van der Waals surface area contributed by atoms with E-state index in [9.17, 15) is 4.79 Å². The molecule has 0 saturated carbocycles. The van der Waals surface area contributed by atoms with Crippen molar-refractivity contribution >= 4 is 23.7 Å². The highest BCUT2D eigenvalue weighted by Gasteiger charge is 2.06. The summed E-state index contributed by atoms with van der Waals surface area (Å²) in [5.74, 6) is 1.45. The summed E-state index contributed by atoms with van der Waals surface area (Å²) in [5, 5.41) is 4.65. The van der Waals surface area contributed by atoms with Gasteiger partial charge in [0.2, 0.25) is 0 Å². The van der Waals surface area contributed by atoms with Gasteiger partial charge in [0.15, 0.2) is 18.1 Å². The normalized spacial score (nSPS) is 10.7. The third-order valence-electron chi connectivity index (χ3n) is 4.60. The van der Waals surface area contributed by atoms with Gasteiger partial charge < -0.3 is 14.2 Å². The number of halogens is 1. The van der Waals surface area contributed by atoms with Crippen molar-refractivity contribution in [3.63, 3.8) is 0 Å². The topological polar surface area (TPSA) is 69.2 Å². The highest BCUT2D eigenvalue weighted by Crippen LogP contribution is 2.28. The average molecular weight is 453 g/mol. The van der Waals surface area contributed by atoms with Crippen LogP contribution in [0.2, 0.25) is 5.02 Å². The number of aryl methyl sites for hydroxylation is 1.